The van der Waals surface area contributed by atoms with E-state index in [0.29, 0.717) is 24.0 Å². The van der Waals surface area contributed by atoms with E-state index in [1.807, 2.05) is 0 Å². The zero-order chi connectivity index (χ0) is 25.6. The van der Waals surface area contributed by atoms with Crippen molar-refractivity contribution in [3.63, 3.8) is 0 Å². The summed E-state index contributed by atoms with van der Waals surface area (Å²) in [5.41, 5.74) is -2.38. The van der Waals surface area contributed by atoms with Gasteiger partial charge < -0.3 is 29.9 Å². The minimum atomic E-state index is -1.58. The molecular formula is C24H32O10. The molecule has 4 N–H and O–H groups in total. The fraction of sp³-hybridized carbons (Fsp3) is 0.667. The third-order valence-electron chi connectivity index (χ3n) is 7.31. The predicted octanol–water partition coefficient (Wildman–Crippen LogP) is -0.102. The highest BCUT2D eigenvalue weighted by molar-refractivity contribution is 6.02. The molecule has 0 radical (unpaired) electrons. The molecule has 2 spiro atoms. The highest BCUT2D eigenvalue weighted by atomic mass is 16.6. The fourth-order valence-electron chi connectivity index (χ4n) is 4.65. The van der Waals surface area contributed by atoms with Crippen molar-refractivity contribution in [2.75, 3.05) is 0 Å². The summed E-state index contributed by atoms with van der Waals surface area (Å²) in [4.78, 5) is 47.0. The van der Waals surface area contributed by atoms with E-state index in [9.17, 15) is 39.6 Å². The van der Waals surface area contributed by atoms with Crippen molar-refractivity contribution in [3.8, 4) is 0 Å². The lowest BCUT2D eigenvalue weighted by Gasteiger charge is -2.43. The van der Waals surface area contributed by atoms with Crippen molar-refractivity contribution in [1.29, 1.82) is 0 Å². The van der Waals surface area contributed by atoms with Crippen LogP contribution >= 0.6 is 0 Å². The molecule has 10 heteroatoms. The minimum absolute atomic E-state index is 0.251. The van der Waals surface area contributed by atoms with Crippen molar-refractivity contribution in [2.24, 2.45) is 11.8 Å². The van der Waals surface area contributed by atoms with Gasteiger partial charge >= 0.3 is 11.9 Å². The van der Waals surface area contributed by atoms with Crippen LogP contribution in [0.15, 0.2) is 23.3 Å². The lowest BCUT2D eigenvalue weighted by molar-refractivity contribution is -0.200. The van der Waals surface area contributed by atoms with Crippen LogP contribution in [0.3, 0.4) is 0 Å². The molecule has 0 aromatic heterocycles. The normalized spacial score (nSPS) is 42.4. The van der Waals surface area contributed by atoms with Gasteiger partial charge in [0.15, 0.2) is 0 Å². The summed E-state index contributed by atoms with van der Waals surface area (Å²) in [5, 5.41) is 39.6. The quantitative estimate of drug-likeness (QED) is 0.344. The van der Waals surface area contributed by atoms with Gasteiger partial charge in [-0.15, -0.1) is 0 Å². The Morgan fingerprint density at radius 3 is 1.32 bits per heavy atom. The van der Waals surface area contributed by atoms with Gasteiger partial charge in [-0.05, 0) is 62.8 Å². The number of carbonyl (C=O) groups is 4. The number of aliphatic hydroxyl groups is 4. The standard InChI is InChI=1S/2C12H16O5/c2*1-6-3-4-12(17-11(6)16)8(13)5-7(2)9(14)10(12)15/h2*5-6,9-10,14-15H,3-4H2,1-2H3/t2*6-,9-,10-,12-/m11/s1. The molecule has 8 atom stereocenters. The summed E-state index contributed by atoms with van der Waals surface area (Å²) in [6.07, 6.45) is -1.12. The Hall–Kier alpha value is -2.40. The van der Waals surface area contributed by atoms with E-state index >= 15 is 0 Å². The van der Waals surface area contributed by atoms with Crippen LogP contribution < -0.4 is 0 Å². The van der Waals surface area contributed by atoms with Gasteiger partial charge in [-0.2, -0.15) is 0 Å². The van der Waals surface area contributed by atoms with Crippen LogP contribution in [-0.2, 0) is 28.7 Å². The smallest absolute Gasteiger partial charge is 0.309 e. The highest BCUT2D eigenvalue weighted by Gasteiger charge is 2.56. The van der Waals surface area contributed by atoms with Gasteiger partial charge in [0.05, 0.1) is 11.8 Å². The Bertz CT molecular complexity index is 875. The maximum atomic E-state index is 12.0. The van der Waals surface area contributed by atoms with E-state index in [2.05, 4.69) is 0 Å². The fourth-order valence-corrected chi connectivity index (χ4v) is 4.65. The zero-order valence-electron chi connectivity index (χ0n) is 19.7. The molecule has 188 valence electrons. The zero-order valence-corrected chi connectivity index (χ0v) is 19.7. The van der Waals surface area contributed by atoms with E-state index in [1.165, 1.54) is 12.2 Å². The lowest BCUT2D eigenvalue weighted by Crippen LogP contribution is -2.61. The number of hydrogen-bond donors (Lipinski definition) is 4. The average Bonchev–Trinajstić information content (AvgIpc) is 2.79. The average molecular weight is 481 g/mol. The summed E-state index contributed by atoms with van der Waals surface area (Å²) in [7, 11) is 0. The van der Waals surface area contributed by atoms with Gasteiger partial charge in [0.25, 0.3) is 0 Å². The number of ether oxygens (including phenoxy) is 2. The van der Waals surface area contributed by atoms with Crippen molar-refractivity contribution in [1.82, 2.24) is 0 Å². The number of hydrogen-bond acceptors (Lipinski definition) is 10. The van der Waals surface area contributed by atoms with Crippen LogP contribution in [-0.4, -0.2) is 79.5 Å². The van der Waals surface area contributed by atoms with Crippen LogP contribution in [0.2, 0.25) is 0 Å². The number of aliphatic hydroxyl groups excluding tert-OH is 4. The van der Waals surface area contributed by atoms with E-state index in [4.69, 9.17) is 9.47 Å². The highest BCUT2D eigenvalue weighted by Crippen LogP contribution is 2.39. The first-order valence-corrected chi connectivity index (χ1v) is 11.4. The van der Waals surface area contributed by atoms with Crippen molar-refractivity contribution < 1.29 is 49.1 Å². The van der Waals surface area contributed by atoms with Gasteiger partial charge in [0, 0.05) is 0 Å². The molecular weight excluding hydrogens is 448 g/mol. The molecule has 2 aliphatic carbocycles. The summed E-state index contributed by atoms with van der Waals surface area (Å²) in [5.74, 6) is -2.41. The van der Waals surface area contributed by atoms with Gasteiger partial charge in [0.1, 0.15) is 24.4 Å². The second kappa shape index (κ2) is 9.33. The number of carbonyl (C=O) groups excluding carboxylic acids is 4. The lowest BCUT2D eigenvalue weighted by atomic mass is 9.74. The minimum Gasteiger partial charge on any atom is -0.448 e. The summed E-state index contributed by atoms with van der Waals surface area (Å²) in [6, 6.07) is 0. The largest absolute Gasteiger partial charge is 0.448 e. The van der Waals surface area contributed by atoms with Gasteiger partial charge in [-0.1, -0.05) is 13.8 Å². The third-order valence-corrected chi connectivity index (χ3v) is 7.31. The van der Waals surface area contributed by atoms with E-state index in [0.717, 1.165) is 0 Å². The van der Waals surface area contributed by atoms with Crippen LogP contribution in [0.4, 0.5) is 0 Å². The summed E-state index contributed by atoms with van der Waals surface area (Å²) >= 11 is 0. The van der Waals surface area contributed by atoms with E-state index in [-0.39, 0.29) is 24.7 Å². The summed E-state index contributed by atoms with van der Waals surface area (Å²) < 4.78 is 10.3. The number of ketones is 2. The number of rotatable bonds is 0. The molecule has 2 heterocycles. The molecule has 10 nitrogen and oxygen atoms in total. The molecule has 2 aliphatic heterocycles. The Morgan fingerprint density at radius 2 is 1.03 bits per heavy atom. The van der Waals surface area contributed by atoms with Crippen molar-refractivity contribution >= 4 is 23.5 Å². The molecule has 0 aromatic carbocycles. The monoisotopic (exact) mass is 480 g/mol. The Balaban J connectivity index is 0.000000191. The van der Waals surface area contributed by atoms with E-state index in [1.54, 1.807) is 27.7 Å². The Labute approximate surface area is 197 Å². The molecule has 4 aliphatic rings. The first-order valence-electron chi connectivity index (χ1n) is 11.4. The molecule has 2 saturated heterocycles. The molecule has 4 rings (SSSR count). The molecule has 0 aromatic rings. The maximum absolute atomic E-state index is 12.0. The Morgan fingerprint density at radius 1 is 0.706 bits per heavy atom. The van der Waals surface area contributed by atoms with Crippen LogP contribution in [0.5, 0.6) is 0 Å². The molecule has 2 fully saturated rings. The number of esters is 2. The molecule has 34 heavy (non-hydrogen) atoms. The van der Waals surface area contributed by atoms with Crippen LogP contribution in [0.1, 0.15) is 53.4 Å². The summed E-state index contributed by atoms with van der Waals surface area (Å²) in [6.45, 7) is 6.55. The first-order chi connectivity index (χ1) is 15.8. The first kappa shape index (κ1) is 26.2. The molecule has 0 unspecified atom stereocenters. The third kappa shape index (κ3) is 4.24. The van der Waals surface area contributed by atoms with E-state index < -0.39 is 59.1 Å². The molecule has 0 saturated carbocycles. The van der Waals surface area contributed by atoms with Gasteiger partial charge in [0.2, 0.25) is 22.8 Å². The second-order valence-electron chi connectivity index (χ2n) is 9.79. The van der Waals surface area contributed by atoms with Crippen LogP contribution in [0, 0.1) is 11.8 Å². The Kier molecular flexibility index (Phi) is 7.19. The van der Waals surface area contributed by atoms with Gasteiger partial charge in [-0.3, -0.25) is 19.2 Å². The van der Waals surface area contributed by atoms with Crippen molar-refractivity contribution in [3.05, 3.63) is 23.3 Å². The maximum Gasteiger partial charge on any atom is 0.309 e. The molecule has 0 amide bonds. The predicted molar refractivity (Wildman–Crippen MR) is 116 cm³/mol. The SMILES string of the molecule is CC1=CC(=O)[C@]2(CC[C@@H](C)C(=O)O2)[C@H](O)[C@@H]1O.CC1=CC(=O)[C@]2(CC[C@@H](C)C(=O)O2)[C@H](O)[C@@H]1O. The van der Waals surface area contributed by atoms with Gasteiger partial charge in [-0.25, -0.2) is 0 Å². The topological polar surface area (TPSA) is 168 Å². The molecule has 0 bridgehead atoms. The van der Waals surface area contributed by atoms with Crippen molar-refractivity contribution in [2.45, 2.75) is 89.0 Å². The van der Waals surface area contributed by atoms with Crippen LogP contribution in [0.25, 0.3) is 0 Å². The second-order valence-corrected chi connectivity index (χ2v) is 9.79.